The molecular weight excluding hydrogens is 529 g/mol. The Morgan fingerprint density at radius 1 is 1.11 bits per heavy atom. The fourth-order valence-electron chi connectivity index (χ4n) is 4.40. The highest BCUT2D eigenvalue weighted by atomic mass is 35.5. The van der Waals surface area contributed by atoms with E-state index in [2.05, 4.69) is 10.6 Å². The minimum Gasteiger partial charge on any atom is -0.364 e. The van der Waals surface area contributed by atoms with Crippen molar-refractivity contribution in [2.45, 2.75) is 35.1 Å². The van der Waals surface area contributed by atoms with Gasteiger partial charge in [-0.15, -0.1) is 11.8 Å². The number of hydrogen-bond donors (Lipinski definition) is 2. The first-order valence-electron chi connectivity index (χ1n) is 11.6. The molecule has 2 N–H and O–H groups in total. The molecule has 1 fully saturated rings. The van der Waals surface area contributed by atoms with Crippen LogP contribution >= 0.6 is 34.7 Å². The number of nitrogens with zero attached hydrogens (tertiary/aromatic N) is 1. The molecule has 0 radical (unpaired) electrons. The van der Waals surface area contributed by atoms with Gasteiger partial charge in [-0.1, -0.05) is 41.9 Å². The van der Waals surface area contributed by atoms with Gasteiger partial charge >= 0.3 is 0 Å². The number of Topliss-reactive ketones (excluding diaryl/α,β-unsaturated/α-hetero) is 1. The number of carbonyl (C=O) groups is 2. The predicted octanol–water partition coefficient (Wildman–Crippen LogP) is 6.60. The van der Waals surface area contributed by atoms with Gasteiger partial charge in [0.1, 0.15) is 22.4 Å². The summed E-state index contributed by atoms with van der Waals surface area (Å²) in [6, 6.07) is 20.7. The molecule has 1 amide bonds. The number of thiophene rings is 1. The van der Waals surface area contributed by atoms with Crippen molar-refractivity contribution < 1.29 is 14.0 Å². The lowest BCUT2D eigenvalue weighted by atomic mass is 9.79. The van der Waals surface area contributed by atoms with Crippen LogP contribution in [-0.4, -0.2) is 21.9 Å². The molecule has 0 aliphatic carbocycles. The van der Waals surface area contributed by atoms with E-state index in [1.165, 1.54) is 23.5 Å². The maximum Gasteiger partial charge on any atom is 0.242 e. The van der Waals surface area contributed by atoms with Crippen molar-refractivity contribution in [3.63, 3.8) is 0 Å². The Morgan fingerprint density at radius 2 is 1.89 bits per heavy atom. The van der Waals surface area contributed by atoms with E-state index >= 15 is 0 Å². The molecular formula is C28H23ClFN3O2S2. The zero-order valence-electron chi connectivity index (χ0n) is 19.8. The summed E-state index contributed by atoms with van der Waals surface area (Å²) in [7, 11) is 0. The van der Waals surface area contributed by atoms with E-state index in [1.807, 2.05) is 48.0 Å². The lowest BCUT2D eigenvalue weighted by molar-refractivity contribution is -0.133. The zero-order valence-corrected chi connectivity index (χ0v) is 22.2. The van der Waals surface area contributed by atoms with Gasteiger partial charge in [-0.2, -0.15) is 11.3 Å². The summed E-state index contributed by atoms with van der Waals surface area (Å²) in [4.78, 5) is 32.4. The van der Waals surface area contributed by atoms with E-state index in [0.717, 1.165) is 22.9 Å². The normalized spacial score (nSPS) is 20.4. The SMILES string of the molecule is CC(Nc1cccc(C2(c3ccsc3)CC(=O)C(Sc3ccccc3Cl)C(=O)N2)n1)c1ccc(F)cc1. The quantitative estimate of drug-likeness (QED) is 0.253. The third-order valence-electron chi connectivity index (χ3n) is 6.32. The molecule has 0 spiro atoms. The van der Waals surface area contributed by atoms with Crippen molar-refractivity contribution in [3.8, 4) is 0 Å². The molecule has 9 heteroatoms. The maximum absolute atomic E-state index is 13.5. The Hall–Kier alpha value is -3.20. The molecule has 0 saturated carbocycles. The lowest BCUT2D eigenvalue weighted by Crippen LogP contribution is -2.58. The van der Waals surface area contributed by atoms with Crippen LogP contribution in [0.1, 0.15) is 36.2 Å². The number of hydrogen-bond acceptors (Lipinski definition) is 6. The number of benzene rings is 2. The van der Waals surface area contributed by atoms with Crippen LogP contribution in [0.25, 0.3) is 0 Å². The fourth-order valence-corrected chi connectivity index (χ4v) is 6.37. The maximum atomic E-state index is 13.5. The number of carbonyl (C=O) groups excluding carboxylic acids is 2. The second-order valence-electron chi connectivity index (χ2n) is 8.80. The van der Waals surface area contributed by atoms with Crippen LogP contribution in [0.4, 0.5) is 10.2 Å². The van der Waals surface area contributed by atoms with Gasteiger partial charge in [0.05, 0.1) is 10.7 Å². The number of halogens is 2. The Balaban J connectivity index is 1.45. The summed E-state index contributed by atoms with van der Waals surface area (Å²) in [5.74, 6) is -0.289. The van der Waals surface area contributed by atoms with Crippen molar-refractivity contribution in [1.29, 1.82) is 0 Å². The second-order valence-corrected chi connectivity index (χ2v) is 11.1. The van der Waals surface area contributed by atoms with E-state index in [9.17, 15) is 14.0 Å². The van der Waals surface area contributed by atoms with Gasteiger partial charge in [-0.05, 0) is 71.3 Å². The van der Waals surface area contributed by atoms with Crippen LogP contribution in [0.2, 0.25) is 5.02 Å². The van der Waals surface area contributed by atoms with Crippen LogP contribution in [0.3, 0.4) is 0 Å². The zero-order chi connectivity index (χ0) is 26.0. The van der Waals surface area contributed by atoms with Gasteiger partial charge in [-0.3, -0.25) is 9.59 Å². The molecule has 3 atom stereocenters. The van der Waals surface area contributed by atoms with E-state index in [4.69, 9.17) is 16.6 Å². The van der Waals surface area contributed by atoms with Gasteiger partial charge in [0.25, 0.3) is 0 Å². The molecule has 2 aromatic heterocycles. The number of nitrogens with one attached hydrogen (secondary N) is 2. The number of aromatic nitrogens is 1. The third-order valence-corrected chi connectivity index (χ3v) is 8.77. The average Bonchev–Trinajstić information content (AvgIpc) is 3.43. The van der Waals surface area contributed by atoms with Crippen LogP contribution in [-0.2, 0) is 15.1 Å². The van der Waals surface area contributed by atoms with Gasteiger partial charge in [0.15, 0.2) is 5.78 Å². The predicted molar refractivity (Wildman–Crippen MR) is 147 cm³/mol. The summed E-state index contributed by atoms with van der Waals surface area (Å²) < 4.78 is 13.3. The third kappa shape index (κ3) is 5.28. The molecule has 3 heterocycles. The molecule has 1 aliphatic rings. The van der Waals surface area contributed by atoms with Crippen molar-refractivity contribution in [2.24, 2.45) is 0 Å². The highest BCUT2D eigenvalue weighted by Gasteiger charge is 2.48. The molecule has 188 valence electrons. The first-order valence-corrected chi connectivity index (χ1v) is 13.8. The highest BCUT2D eigenvalue weighted by Crippen LogP contribution is 2.41. The summed E-state index contributed by atoms with van der Waals surface area (Å²) in [6.45, 7) is 1.96. The van der Waals surface area contributed by atoms with Crippen molar-refractivity contribution in [1.82, 2.24) is 10.3 Å². The molecule has 1 saturated heterocycles. The molecule has 4 aromatic rings. The second kappa shape index (κ2) is 10.7. The van der Waals surface area contributed by atoms with E-state index in [0.29, 0.717) is 21.4 Å². The minimum atomic E-state index is -1.09. The molecule has 2 aromatic carbocycles. The minimum absolute atomic E-state index is 0.0571. The van der Waals surface area contributed by atoms with Gasteiger partial charge in [0.2, 0.25) is 5.91 Å². The largest absolute Gasteiger partial charge is 0.364 e. The number of amides is 1. The van der Waals surface area contributed by atoms with Crippen LogP contribution in [0.5, 0.6) is 0 Å². The first-order chi connectivity index (χ1) is 17.9. The van der Waals surface area contributed by atoms with Crippen molar-refractivity contribution in [2.75, 3.05) is 5.32 Å². The number of ketones is 1. The number of thioether (sulfide) groups is 1. The highest BCUT2D eigenvalue weighted by molar-refractivity contribution is 8.01. The van der Waals surface area contributed by atoms with Crippen molar-refractivity contribution in [3.05, 3.63) is 111 Å². The lowest BCUT2D eigenvalue weighted by Gasteiger charge is -2.39. The molecule has 5 rings (SSSR count). The van der Waals surface area contributed by atoms with E-state index in [1.54, 1.807) is 30.3 Å². The molecule has 0 bridgehead atoms. The summed E-state index contributed by atoms with van der Waals surface area (Å²) in [6.07, 6.45) is 0.0571. The smallest absolute Gasteiger partial charge is 0.242 e. The monoisotopic (exact) mass is 551 g/mol. The summed E-state index contributed by atoms with van der Waals surface area (Å²) in [5.41, 5.74) is 1.17. The van der Waals surface area contributed by atoms with Crippen LogP contribution in [0.15, 0.2) is 88.5 Å². The Bertz CT molecular complexity index is 1410. The number of pyridine rings is 1. The average molecular weight is 552 g/mol. The number of anilines is 1. The standard InChI is InChI=1S/C28H23ClFN3O2S2/c1-17(18-9-11-20(30)12-10-18)31-25-8-4-7-24(32-25)28(19-13-14-36-16-19)15-22(34)26(27(35)33-28)37-23-6-3-2-5-21(23)29/h2-14,16-17,26H,15H2,1H3,(H,31,32)(H,33,35). The van der Waals surface area contributed by atoms with Gasteiger partial charge in [0, 0.05) is 17.4 Å². The number of piperidine rings is 1. The fraction of sp³-hybridized carbons (Fsp3) is 0.179. The van der Waals surface area contributed by atoms with E-state index < -0.39 is 10.8 Å². The molecule has 5 nitrogen and oxygen atoms in total. The van der Waals surface area contributed by atoms with Crippen LogP contribution < -0.4 is 10.6 Å². The van der Waals surface area contributed by atoms with Gasteiger partial charge in [-0.25, -0.2) is 9.37 Å². The molecule has 1 aliphatic heterocycles. The Kier molecular flexibility index (Phi) is 7.33. The first kappa shape index (κ1) is 25.4. The topological polar surface area (TPSA) is 71.1 Å². The van der Waals surface area contributed by atoms with Crippen LogP contribution in [0, 0.1) is 5.82 Å². The summed E-state index contributed by atoms with van der Waals surface area (Å²) in [5, 5.41) is 9.91. The van der Waals surface area contributed by atoms with E-state index in [-0.39, 0.29) is 30.0 Å². The Morgan fingerprint density at radius 3 is 2.59 bits per heavy atom. The molecule has 37 heavy (non-hydrogen) atoms. The summed E-state index contributed by atoms with van der Waals surface area (Å²) >= 11 is 8.93. The van der Waals surface area contributed by atoms with Gasteiger partial charge < -0.3 is 10.6 Å². The number of rotatable bonds is 7. The van der Waals surface area contributed by atoms with Crippen molar-refractivity contribution >= 4 is 52.2 Å². The Labute approximate surface area is 227 Å². The molecule has 3 unspecified atom stereocenters.